The minimum Gasteiger partial charge on any atom is -0.406 e. The Bertz CT molecular complexity index is 1170. The van der Waals surface area contributed by atoms with E-state index in [4.69, 9.17) is 4.42 Å². The largest absolute Gasteiger partial charge is 0.406 e. The summed E-state index contributed by atoms with van der Waals surface area (Å²) in [4.78, 5) is 32.0. The third-order valence-electron chi connectivity index (χ3n) is 4.15. The molecule has 0 bridgehead atoms. The summed E-state index contributed by atoms with van der Waals surface area (Å²) < 4.78 is 5.35. The molecule has 1 unspecified atom stereocenters. The molecule has 4 aromatic heterocycles. The predicted octanol–water partition coefficient (Wildman–Crippen LogP) is 4.99. The van der Waals surface area contributed by atoms with Gasteiger partial charge in [0.1, 0.15) is 10.9 Å². The SMILES string of the molecule is Cc1csc2nc(C(C)NC(=O)C=C(c3cccs3)c3cccs3)oc(=O)c12. The average molecular weight is 429 g/mol. The molecule has 142 valence electrons. The number of fused-ring (bicyclic) bond motifs is 1. The molecule has 0 aliphatic carbocycles. The zero-order valence-electron chi connectivity index (χ0n) is 15.1. The number of hydrogen-bond donors (Lipinski definition) is 1. The van der Waals surface area contributed by atoms with E-state index in [2.05, 4.69) is 10.3 Å². The van der Waals surface area contributed by atoms with E-state index in [9.17, 15) is 9.59 Å². The highest BCUT2D eigenvalue weighted by atomic mass is 32.1. The lowest BCUT2D eigenvalue weighted by Gasteiger charge is -2.11. The third kappa shape index (κ3) is 3.71. The van der Waals surface area contributed by atoms with Gasteiger partial charge in [0.15, 0.2) is 0 Å². The molecular weight excluding hydrogens is 412 g/mol. The first-order valence-electron chi connectivity index (χ1n) is 8.51. The number of aryl methyl sites for hydroxylation is 1. The molecule has 8 heteroatoms. The normalized spacial score (nSPS) is 12.1. The monoisotopic (exact) mass is 428 g/mol. The van der Waals surface area contributed by atoms with Gasteiger partial charge in [-0.3, -0.25) is 4.79 Å². The van der Waals surface area contributed by atoms with Crippen LogP contribution in [-0.2, 0) is 4.79 Å². The summed E-state index contributed by atoms with van der Waals surface area (Å²) in [6.45, 7) is 3.60. The van der Waals surface area contributed by atoms with Crippen LogP contribution in [-0.4, -0.2) is 10.9 Å². The number of nitrogens with one attached hydrogen (secondary N) is 1. The smallest absolute Gasteiger partial charge is 0.348 e. The van der Waals surface area contributed by atoms with E-state index >= 15 is 0 Å². The van der Waals surface area contributed by atoms with Gasteiger partial charge in [-0.15, -0.1) is 34.0 Å². The molecule has 5 nitrogen and oxygen atoms in total. The van der Waals surface area contributed by atoms with Gasteiger partial charge in [0, 0.05) is 21.4 Å². The van der Waals surface area contributed by atoms with Crippen LogP contribution < -0.4 is 10.9 Å². The summed E-state index contributed by atoms with van der Waals surface area (Å²) in [6.07, 6.45) is 1.58. The standard InChI is InChI=1S/C20H16N2O3S3/c1-11-10-28-19-17(11)20(24)25-18(22-19)12(2)21-16(23)9-13(14-5-3-7-26-14)15-6-4-8-27-15/h3-10,12H,1-2H3,(H,21,23). The number of thiophene rings is 3. The molecule has 4 heterocycles. The second-order valence-corrected chi connectivity index (χ2v) is 8.93. The fourth-order valence-electron chi connectivity index (χ4n) is 2.79. The number of nitrogens with zero attached hydrogens (tertiary/aromatic N) is 1. The Morgan fingerprint density at radius 3 is 2.46 bits per heavy atom. The van der Waals surface area contributed by atoms with Crippen molar-refractivity contribution in [3.8, 4) is 0 Å². The van der Waals surface area contributed by atoms with Gasteiger partial charge < -0.3 is 9.73 Å². The van der Waals surface area contributed by atoms with E-state index in [1.54, 1.807) is 35.7 Å². The van der Waals surface area contributed by atoms with Crippen molar-refractivity contribution in [1.82, 2.24) is 10.3 Å². The first-order chi connectivity index (χ1) is 13.5. The fraction of sp³-hybridized carbons (Fsp3) is 0.150. The van der Waals surface area contributed by atoms with Crippen molar-refractivity contribution in [3.05, 3.63) is 78.1 Å². The molecule has 0 saturated carbocycles. The highest BCUT2D eigenvalue weighted by Gasteiger charge is 2.18. The van der Waals surface area contributed by atoms with Crippen molar-refractivity contribution in [3.63, 3.8) is 0 Å². The maximum absolute atomic E-state index is 12.7. The van der Waals surface area contributed by atoms with E-state index < -0.39 is 11.7 Å². The predicted molar refractivity (Wildman–Crippen MR) is 115 cm³/mol. The second-order valence-electron chi connectivity index (χ2n) is 6.18. The summed E-state index contributed by atoms with van der Waals surface area (Å²) in [5.74, 6) is -0.0638. The summed E-state index contributed by atoms with van der Waals surface area (Å²) in [5, 5.41) is 9.19. The van der Waals surface area contributed by atoms with Crippen LogP contribution in [0.5, 0.6) is 0 Å². The van der Waals surface area contributed by atoms with Gasteiger partial charge in [-0.05, 0) is 47.7 Å². The average Bonchev–Trinajstić information content (AvgIpc) is 3.42. The maximum atomic E-state index is 12.7. The highest BCUT2D eigenvalue weighted by molar-refractivity contribution is 7.17. The van der Waals surface area contributed by atoms with Crippen molar-refractivity contribution in [1.29, 1.82) is 0 Å². The Kier molecular flexibility index (Phi) is 5.25. The Labute approximate surface area is 173 Å². The molecule has 28 heavy (non-hydrogen) atoms. The Hall–Kier alpha value is -2.55. The van der Waals surface area contributed by atoms with E-state index in [1.165, 1.54) is 11.3 Å². The van der Waals surface area contributed by atoms with Crippen LogP contribution in [0.4, 0.5) is 0 Å². The number of aromatic nitrogens is 1. The molecule has 4 aromatic rings. The van der Waals surface area contributed by atoms with E-state index in [-0.39, 0.29) is 11.8 Å². The molecule has 0 aliphatic heterocycles. The van der Waals surface area contributed by atoms with Crippen LogP contribution >= 0.6 is 34.0 Å². The first kappa shape index (κ1) is 18.8. The molecule has 0 spiro atoms. The topological polar surface area (TPSA) is 72.2 Å². The van der Waals surface area contributed by atoms with Crippen molar-refractivity contribution in [2.75, 3.05) is 0 Å². The van der Waals surface area contributed by atoms with Gasteiger partial charge in [0.05, 0.1) is 5.39 Å². The van der Waals surface area contributed by atoms with Crippen LogP contribution in [0.1, 0.15) is 34.2 Å². The van der Waals surface area contributed by atoms with E-state index in [0.29, 0.717) is 10.2 Å². The number of amides is 1. The molecule has 0 saturated heterocycles. The van der Waals surface area contributed by atoms with E-state index in [0.717, 1.165) is 20.9 Å². The maximum Gasteiger partial charge on any atom is 0.348 e. The third-order valence-corrected chi connectivity index (χ3v) is 6.94. The molecule has 4 rings (SSSR count). The molecule has 0 aromatic carbocycles. The van der Waals surface area contributed by atoms with Crippen LogP contribution in [0, 0.1) is 6.92 Å². The van der Waals surface area contributed by atoms with Crippen molar-refractivity contribution in [2.24, 2.45) is 0 Å². The summed E-state index contributed by atoms with van der Waals surface area (Å²) in [7, 11) is 0. The molecule has 0 radical (unpaired) electrons. The highest BCUT2D eigenvalue weighted by Crippen LogP contribution is 2.30. The van der Waals surface area contributed by atoms with E-state index in [1.807, 2.05) is 47.3 Å². The zero-order valence-corrected chi connectivity index (χ0v) is 17.5. The van der Waals surface area contributed by atoms with Crippen molar-refractivity contribution in [2.45, 2.75) is 19.9 Å². The number of carbonyl (C=O) groups is 1. The van der Waals surface area contributed by atoms with Crippen molar-refractivity contribution >= 4 is 55.7 Å². The lowest BCUT2D eigenvalue weighted by Crippen LogP contribution is -2.26. The molecule has 1 atom stereocenters. The van der Waals surface area contributed by atoms with Crippen LogP contribution in [0.15, 0.2) is 55.7 Å². The lowest BCUT2D eigenvalue weighted by molar-refractivity contribution is -0.117. The van der Waals surface area contributed by atoms with Gasteiger partial charge in [-0.1, -0.05) is 12.1 Å². The molecular formula is C20H16N2O3S3. The van der Waals surface area contributed by atoms with Gasteiger partial charge >= 0.3 is 5.63 Å². The van der Waals surface area contributed by atoms with Gasteiger partial charge in [-0.2, -0.15) is 0 Å². The quantitative estimate of drug-likeness (QED) is 0.455. The van der Waals surface area contributed by atoms with Crippen LogP contribution in [0.25, 0.3) is 15.8 Å². The summed E-state index contributed by atoms with van der Waals surface area (Å²) in [6, 6.07) is 7.36. The zero-order chi connectivity index (χ0) is 19.7. The van der Waals surface area contributed by atoms with Crippen molar-refractivity contribution < 1.29 is 9.21 Å². The van der Waals surface area contributed by atoms with Gasteiger partial charge in [0.25, 0.3) is 0 Å². The molecule has 0 fully saturated rings. The van der Waals surface area contributed by atoms with Crippen LogP contribution in [0.2, 0.25) is 0 Å². The number of rotatable bonds is 5. The summed E-state index contributed by atoms with van der Waals surface area (Å²) in [5.41, 5.74) is 1.30. The fourth-order valence-corrected chi connectivity index (χ4v) is 5.28. The second kappa shape index (κ2) is 7.83. The Morgan fingerprint density at radius 1 is 1.18 bits per heavy atom. The minimum atomic E-state index is -0.531. The molecule has 1 amide bonds. The number of carbonyl (C=O) groups excluding carboxylic acids is 1. The minimum absolute atomic E-state index is 0.204. The van der Waals surface area contributed by atoms with Gasteiger partial charge in [-0.25, -0.2) is 9.78 Å². The van der Waals surface area contributed by atoms with Gasteiger partial charge in [0.2, 0.25) is 11.8 Å². The Morgan fingerprint density at radius 2 is 1.86 bits per heavy atom. The first-order valence-corrected chi connectivity index (χ1v) is 11.2. The Balaban J connectivity index is 1.60. The summed E-state index contributed by atoms with van der Waals surface area (Å²) >= 11 is 4.55. The van der Waals surface area contributed by atoms with Crippen LogP contribution in [0.3, 0.4) is 0 Å². The molecule has 0 aliphatic rings. The molecule has 1 N–H and O–H groups in total. The number of hydrogen-bond acceptors (Lipinski definition) is 7. The lowest BCUT2D eigenvalue weighted by atomic mass is 10.1.